The van der Waals surface area contributed by atoms with Gasteiger partial charge in [0.15, 0.2) is 0 Å². The molecule has 9 heteroatoms. The van der Waals surface area contributed by atoms with Gasteiger partial charge in [0.05, 0.1) is 11.9 Å². The Morgan fingerprint density at radius 1 is 1.00 bits per heavy atom. The Bertz CT molecular complexity index is 944. The van der Waals surface area contributed by atoms with Gasteiger partial charge in [-0.15, -0.1) is 0 Å². The van der Waals surface area contributed by atoms with Crippen LogP contribution < -0.4 is 14.9 Å². The molecular formula is C19H22FN3O4S. The molecule has 1 atom stereocenters. The molecule has 28 heavy (non-hydrogen) atoms. The number of halogens is 1. The molecule has 0 saturated heterocycles. The van der Waals surface area contributed by atoms with Crippen LogP contribution in [0.4, 0.5) is 21.5 Å². The summed E-state index contributed by atoms with van der Waals surface area (Å²) >= 11 is 0. The molecule has 2 aromatic carbocycles. The maximum atomic E-state index is 13.2. The van der Waals surface area contributed by atoms with Crippen molar-refractivity contribution in [3.05, 3.63) is 54.3 Å². The molecule has 0 bridgehead atoms. The second-order valence-corrected chi connectivity index (χ2v) is 8.07. The molecule has 2 amide bonds. The fraction of sp³-hybridized carbons (Fsp3) is 0.263. The zero-order valence-electron chi connectivity index (χ0n) is 15.8. The molecule has 2 N–H and O–H groups in total. The van der Waals surface area contributed by atoms with E-state index in [0.717, 1.165) is 22.7 Å². The lowest BCUT2D eigenvalue weighted by atomic mass is 10.1. The summed E-state index contributed by atoms with van der Waals surface area (Å²) in [6.07, 6.45) is 1.20. The number of hydrogen-bond donors (Lipinski definition) is 2. The smallest absolute Gasteiger partial charge is 0.248 e. The van der Waals surface area contributed by atoms with Crippen molar-refractivity contribution in [2.24, 2.45) is 0 Å². The Kier molecular flexibility index (Phi) is 6.74. The Hall–Kier alpha value is -2.94. The van der Waals surface area contributed by atoms with E-state index in [0.29, 0.717) is 11.4 Å². The Morgan fingerprint density at radius 2 is 1.50 bits per heavy atom. The summed E-state index contributed by atoms with van der Waals surface area (Å²) in [5.74, 6) is -1.25. The molecule has 2 rings (SSSR count). The molecule has 0 spiro atoms. The van der Waals surface area contributed by atoms with Gasteiger partial charge in [0.1, 0.15) is 11.9 Å². The number of anilines is 3. The minimum absolute atomic E-state index is 0.201. The van der Waals surface area contributed by atoms with Gasteiger partial charge in [-0.25, -0.2) is 12.8 Å². The first kappa shape index (κ1) is 21.4. The van der Waals surface area contributed by atoms with E-state index in [9.17, 15) is 22.4 Å². The second-order valence-electron chi connectivity index (χ2n) is 6.21. The van der Waals surface area contributed by atoms with Crippen molar-refractivity contribution in [3.63, 3.8) is 0 Å². The highest BCUT2D eigenvalue weighted by atomic mass is 32.2. The van der Waals surface area contributed by atoms with Gasteiger partial charge >= 0.3 is 0 Å². The van der Waals surface area contributed by atoms with Crippen molar-refractivity contribution >= 4 is 38.9 Å². The molecule has 0 heterocycles. The van der Waals surface area contributed by atoms with E-state index in [1.165, 1.54) is 19.1 Å². The van der Waals surface area contributed by atoms with Gasteiger partial charge in [0, 0.05) is 18.3 Å². The van der Waals surface area contributed by atoms with Crippen molar-refractivity contribution in [2.75, 3.05) is 21.2 Å². The number of sulfonamides is 1. The number of carbonyl (C=O) groups is 2. The number of nitrogens with one attached hydrogen (secondary N) is 2. The van der Waals surface area contributed by atoms with Gasteiger partial charge < -0.3 is 10.6 Å². The van der Waals surface area contributed by atoms with Gasteiger partial charge in [0.25, 0.3) is 0 Å². The number of benzene rings is 2. The number of hydrogen-bond acceptors (Lipinski definition) is 4. The van der Waals surface area contributed by atoms with Crippen LogP contribution in [0.3, 0.4) is 0 Å². The Morgan fingerprint density at radius 3 is 1.93 bits per heavy atom. The number of carbonyl (C=O) groups excluding carboxylic acids is 2. The lowest BCUT2D eigenvalue weighted by Crippen LogP contribution is -2.47. The van der Waals surface area contributed by atoms with Crippen LogP contribution in [0, 0.1) is 5.82 Å². The average molecular weight is 407 g/mol. The molecule has 150 valence electrons. The second kappa shape index (κ2) is 8.83. The van der Waals surface area contributed by atoms with Gasteiger partial charge in [-0.2, -0.15) is 0 Å². The lowest BCUT2D eigenvalue weighted by molar-refractivity contribution is -0.117. The molecule has 7 nitrogen and oxygen atoms in total. The minimum atomic E-state index is -3.80. The first-order valence-corrected chi connectivity index (χ1v) is 10.4. The van der Waals surface area contributed by atoms with Crippen LogP contribution in [0.2, 0.25) is 0 Å². The number of nitrogens with zero attached hydrogens (tertiary/aromatic N) is 1. The molecular weight excluding hydrogens is 385 g/mol. The highest BCUT2D eigenvalue weighted by molar-refractivity contribution is 7.92. The topological polar surface area (TPSA) is 95.6 Å². The number of rotatable bonds is 7. The summed E-state index contributed by atoms with van der Waals surface area (Å²) in [5.41, 5.74) is 1.22. The van der Waals surface area contributed by atoms with E-state index in [1.54, 1.807) is 31.2 Å². The third-order valence-corrected chi connectivity index (χ3v) is 5.06. The fourth-order valence-corrected chi connectivity index (χ4v) is 3.93. The van der Waals surface area contributed by atoms with Crippen LogP contribution in [0.5, 0.6) is 0 Å². The van der Waals surface area contributed by atoms with E-state index < -0.39 is 27.8 Å². The summed E-state index contributed by atoms with van der Waals surface area (Å²) in [4.78, 5) is 23.8. The molecule has 0 aliphatic carbocycles. The Balaban J connectivity index is 2.26. The fourth-order valence-electron chi connectivity index (χ4n) is 2.71. The largest absolute Gasteiger partial charge is 0.326 e. The van der Waals surface area contributed by atoms with E-state index in [2.05, 4.69) is 10.6 Å². The monoisotopic (exact) mass is 407 g/mol. The van der Waals surface area contributed by atoms with Gasteiger partial charge in [-0.05, 0) is 55.0 Å². The van der Waals surface area contributed by atoms with E-state index >= 15 is 0 Å². The summed E-state index contributed by atoms with van der Waals surface area (Å²) in [5, 5.41) is 5.29. The average Bonchev–Trinajstić information content (AvgIpc) is 2.60. The van der Waals surface area contributed by atoms with Crippen LogP contribution >= 0.6 is 0 Å². The number of amides is 2. The van der Waals surface area contributed by atoms with Crippen LogP contribution in [0.25, 0.3) is 0 Å². The maximum absolute atomic E-state index is 13.2. The van der Waals surface area contributed by atoms with Gasteiger partial charge in [-0.3, -0.25) is 13.9 Å². The van der Waals surface area contributed by atoms with Crippen molar-refractivity contribution in [1.82, 2.24) is 0 Å². The predicted molar refractivity (Wildman–Crippen MR) is 107 cm³/mol. The van der Waals surface area contributed by atoms with E-state index in [1.807, 2.05) is 0 Å². The molecule has 2 aromatic rings. The minimum Gasteiger partial charge on any atom is -0.326 e. The first-order valence-electron chi connectivity index (χ1n) is 8.55. The molecule has 0 aromatic heterocycles. The van der Waals surface area contributed by atoms with Crippen LogP contribution in [0.1, 0.15) is 20.3 Å². The third-order valence-electron chi connectivity index (χ3n) is 3.88. The normalized spacial score (nSPS) is 12.1. The van der Waals surface area contributed by atoms with Gasteiger partial charge in [0.2, 0.25) is 21.8 Å². The first-order chi connectivity index (χ1) is 13.1. The highest BCUT2D eigenvalue weighted by Gasteiger charge is 2.31. The van der Waals surface area contributed by atoms with Crippen molar-refractivity contribution in [1.29, 1.82) is 0 Å². The standard InChI is InChI=1S/C19H22FN3O4S/c1-4-18(23(28(3,26)27)17-11-5-14(20)6-12-17)19(25)22-16-9-7-15(8-10-16)21-13(2)24/h5-12,18H,4H2,1-3H3,(H,21,24)(H,22,25)/t18-/m0/s1. The Labute approximate surface area is 163 Å². The van der Waals surface area contributed by atoms with E-state index in [-0.39, 0.29) is 18.0 Å². The molecule has 0 radical (unpaired) electrons. The van der Waals surface area contributed by atoms with E-state index in [4.69, 9.17) is 0 Å². The van der Waals surface area contributed by atoms with Crippen molar-refractivity contribution in [3.8, 4) is 0 Å². The zero-order chi connectivity index (χ0) is 20.9. The molecule has 0 aliphatic rings. The summed E-state index contributed by atoms with van der Waals surface area (Å²) < 4.78 is 38.9. The maximum Gasteiger partial charge on any atom is 0.248 e. The summed E-state index contributed by atoms with van der Waals surface area (Å²) in [6, 6.07) is 10.3. The van der Waals surface area contributed by atoms with Crippen LogP contribution in [0.15, 0.2) is 48.5 Å². The summed E-state index contributed by atoms with van der Waals surface area (Å²) in [7, 11) is -3.80. The molecule has 0 fully saturated rings. The molecule has 0 unspecified atom stereocenters. The SMILES string of the molecule is CC[C@@H](C(=O)Nc1ccc(NC(C)=O)cc1)N(c1ccc(F)cc1)S(C)(=O)=O. The molecule has 0 saturated carbocycles. The van der Waals surface area contributed by atoms with Gasteiger partial charge in [-0.1, -0.05) is 6.92 Å². The van der Waals surface area contributed by atoms with Crippen LogP contribution in [-0.4, -0.2) is 32.5 Å². The summed E-state index contributed by atoms with van der Waals surface area (Å²) in [6.45, 7) is 3.07. The third kappa shape index (κ3) is 5.53. The quantitative estimate of drug-likeness (QED) is 0.738. The lowest BCUT2D eigenvalue weighted by Gasteiger charge is -2.30. The van der Waals surface area contributed by atoms with Crippen molar-refractivity contribution < 1.29 is 22.4 Å². The highest BCUT2D eigenvalue weighted by Crippen LogP contribution is 2.24. The zero-order valence-corrected chi connectivity index (χ0v) is 16.6. The molecule has 0 aliphatic heterocycles. The predicted octanol–water partition coefficient (Wildman–Crippen LogP) is 2.97. The van der Waals surface area contributed by atoms with Crippen LogP contribution in [-0.2, 0) is 19.6 Å². The van der Waals surface area contributed by atoms with Crippen molar-refractivity contribution in [2.45, 2.75) is 26.3 Å².